The van der Waals surface area contributed by atoms with Crippen molar-refractivity contribution < 1.29 is 18.0 Å². The van der Waals surface area contributed by atoms with Crippen molar-refractivity contribution in [2.24, 2.45) is 5.92 Å². The van der Waals surface area contributed by atoms with Crippen LogP contribution in [-0.4, -0.2) is 50.2 Å². The summed E-state index contributed by atoms with van der Waals surface area (Å²) in [4.78, 5) is 30.8. The molecule has 29 heavy (non-hydrogen) atoms. The average molecular weight is 437 g/mol. The van der Waals surface area contributed by atoms with Crippen LogP contribution in [0.2, 0.25) is 0 Å². The van der Waals surface area contributed by atoms with Crippen LogP contribution in [0.5, 0.6) is 0 Å². The molecule has 0 saturated heterocycles. The third kappa shape index (κ3) is 4.49. The number of benzene rings is 1. The van der Waals surface area contributed by atoms with Gasteiger partial charge in [0, 0.05) is 37.6 Å². The number of hydrogen-bond donors (Lipinski definition) is 1. The summed E-state index contributed by atoms with van der Waals surface area (Å²) in [5, 5.41) is 4.97. The van der Waals surface area contributed by atoms with Gasteiger partial charge in [0.1, 0.15) is 0 Å². The molecule has 156 valence electrons. The number of hydrogen-bond acceptors (Lipinski definition) is 6. The fourth-order valence-electron chi connectivity index (χ4n) is 2.95. The highest BCUT2D eigenvalue weighted by Crippen LogP contribution is 2.31. The fraction of sp³-hybridized carbons (Fsp3) is 0.421. The topological polar surface area (TPSA) is 99.7 Å². The summed E-state index contributed by atoms with van der Waals surface area (Å²) < 4.78 is 25.8. The Kier molecular flexibility index (Phi) is 6.06. The van der Waals surface area contributed by atoms with E-state index in [0.717, 1.165) is 11.3 Å². The monoisotopic (exact) mass is 436 g/mol. The summed E-state index contributed by atoms with van der Waals surface area (Å²) >= 11 is 1.29. The lowest BCUT2D eigenvalue weighted by Gasteiger charge is -2.17. The molecule has 8 nitrogen and oxygen atoms in total. The van der Waals surface area contributed by atoms with Gasteiger partial charge in [0.25, 0.3) is 0 Å². The Hall–Kier alpha value is -2.30. The number of sulfonamides is 1. The highest BCUT2D eigenvalue weighted by atomic mass is 32.2. The minimum absolute atomic E-state index is 0.112. The van der Waals surface area contributed by atoms with Gasteiger partial charge in [-0.1, -0.05) is 13.8 Å². The lowest BCUT2D eigenvalue weighted by atomic mass is 10.2. The Balaban J connectivity index is 1.72. The zero-order valence-corrected chi connectivity index (χ0v) is 18.4. The molecule has 0 spiro atoms. The first-order valence-corrected chi connectivity index (χ1v) is 11.5. The van der Waals surface area contributed by atoms with Gasteiger partial charge in [-0.05, 0) is 30.2 Å². The number of carbonyl (C=O) groups excluding carboxylic acids is 2. The SMILES string of the molecule is CC(C)C(=O)Nc1nc(CC(=O)N2CCc3cc(S(=O)(=O)N(C)C)ccc32)cs1. The normalized spacial score (nSPS) is 13.8. The second-order valence-electron chi connectivity index (χ2n) is 7.34. The number of nitrogens with one attached hydrogen (secondary N) is 1. The first-order valence-electron chi connectivity index (χ1n) is 9.20. The first kappa shape index (κ1) is 21.4. The van der Waals surface area contributed by atoms with Gasteiger partial charge in [-0.2, -0.15) is 0 Å². The third-order valence-corrected chi connectivity index (χ3v) is 7.28. The van der Waals surface area contributed by atoms with E-state index in [0.29, 0.717) is 23.8 Å². The van der Waals surface area contributed by atoms with E-state index in [1.165, 1.54) is 35.8 Å². The van der Waals surface area contributed by atoms with Gasteiger partial charge in [-0.25, -0.2) is 17.7 Å². The van der Waals surface area contributed by atoms with Crippen molar-refractivity contribution in [2.75, 3.05) is 30.9 Å². The molecule has 1 aromatic heterocycles. The van der Waals surface area contributed by atoms with E-state index < -0.39 is 10.0 Å². The zero-order chi connectivity index (χ0) is 21.3. The minimum Gasteiger partial charge on any atom is -0.311 e. The maximum atomic E-state index is 12.8. The molecule has 10 heteroatoms. The zero-order valence-electron chi connectivity index (χ0n) is 16.8. The van der Waals surface area contributed by atoms with Crippen LogP contribution in [0.1, 0.15) is 25.1 Å². The molecule has 0 atom stereocenters. The number of thiazole rings is 1. The summed E-state index contributed by atoms with van der Waals surface area (Å²) in [7, 11) is -0.531. The number of fused-ring (bicyclic) bond motifs is 1. The molecule has 2 heterocycles. The van der Waals surface area contributed by atoms with E-state index in [4.69, 9.17) is 0 Å². The number of amides is 2. The van der Waals surface area contributed by atoms with E-state index in [9.17, 15) is 18.0 Å². The first-order chi connectivity index (χ1) is 13.6. The molecule has 1 aliphatic rings. The van der Waals surface area contributed by atoms with Crippen LogP contribution in [-0.2, 0) is 32.5 Å². The van der Waals surface area contributed by atoms with E-state index >= 15 is 0 Å². The molecule has 0 aliphatic carbocycles. The minimum atomic E-state index is -3.51. The summed E-state index contributed by atoms with van der Waals surface area (Å²) in [6.45, 7) is 4.10. The van der Waals surface area contributed by atoms with Crippen molar-refractivity contribution >= 4 is 44.0 Å². The van der Waals surface area contributed by atoms with Crippen LogP contribution in [0, 0.1) is 5.92 Å². The van der Waals surface area contributed by atoms with E-state index in [1.807, 2.05) is 0 Å². The molecular formula is C19H24N4O4S2. The lowest BCUT2D eigenvalue weighted by molar-refractivity contribution is -0.119. The summed E-state index contributed by atoms with van der Waals surface area (Å²) in [5.74, 6) is -0.375. The average Bonchev–Trinajstić information content (AvgIpc) is 3.27. The van der Waals surface area contributed by atoms with Crippen LogP contribution in [0.4, 0.5) is 10.8 Å². The number of aromatic nitrogens is 1. The highest BCUT2D eigenvalue weighted by Gasteiger charge is 2.27. The molecule has 0 unspecified atom stereocenters. The molecule has 0 saturated carbocycles. The Morgan fingerprint density at radius 1 is 1.31 bits per heavy atom. The van der Waals surface area contributed by atoms with Crippen LogP contribution in [0.25, 0.3) is 0 Å². The van der Waals surface area contributed by atoms with E-state index in [2.05, 4.69) is 10.3 Å². The maximum absolute atomic E-state index is 12.8. The van der Waals surface area contributed by atoms with Crippen molar-refractivity contribution in [2.45, 2.75) is 31.6 Å². The van der Waals surface area contributed by atoms with Gasteiger partial charge >= 0.3 is 0 Å². The molecule has 1 N–H and O–H groups in total. The quantitative estimate of drug-likeness (QED) is 0.748. The number of carbonyl (C=O) groups is 2. The third-order valence-electron chi connectivity index (χ3n) is 4.66. The van der Waals surface area contributed by atoms with Crippen molar-refractivity contribution in [3.05, 3.63) is 34.8 Å². The van der Waals surface area contributed by atoms with Crippen LogP contribution in [0.3, 0.4) is 0 Å². The van der Waals surface area contributed by atoms with Gasteiger partial charge in [-0.3, -0.25) is 9.59 Å². The molecule has 0 radical (unpaired) electrons. The van der Waals surface area contributed by atoms with Crippen molar-refractivity contribution in [1.29, 1.82) is 0 Å². The Labute approximate surface area is 174 Å². The molecule has 2 aromatic rings. The Bertz CT molecular complexity index is 1040. The summed E-state index contributed by atoms with van der Waals surface area (Å²) in [6.07, 6.45) is 0.718. The predicted molar refractivity (Wildman–Crippen MR) is 113 cm³/mol. The van der Waals surface area contributed by atoms with Crippen molar-refractivity contribution in [1.82, 2.24) is 9.29 Å². The molecule has 1 aromatic carbocycles. The second kappa shape index (κ2) is 8.21. The van der Waals surface area contributed by atoms with Crippen LogP contribution >= 0.6 is 11.3 Å². The number of nitrogens with zero attached hydrogens (tertiary/aromatic N) is 3. The summed E-state index contributed by atoms with van der Waals surface area (Å²) in [5.41, 5.74) is 2.17. The van der Waals surface area contributed by atoms with Gasteiger partial charge in [0.05, 0.1) is 17.0 Å². The van der Waals surface area contributed by atoms with Gasteiger partial charge in [0.15, 0.2) is 5.13 Å². The Morgan fingerprint density at radius 3 is 2.69 bits per heavy atom. The smallest absolute Gasteiger partial charge is 0.242 e. The predicted octanol–water partition coefficient (Wildman–Crippen LogP) is 2.12. The standard InChI is InChI=1S/C19H24N4O4S2/c1-12(2)18(25)21-19-20-14(11-28-19)10-17(24)23-8-7-13-9-15(5-6-16(13)23)29(26,27)22(3)4/h5-6,9,11-12H,7-8,10H2,1-4H3,(H,20,21,25). The molecule has 0 bridgehead atoms. The molecule has 2 amide bonds. The van der Waals surface area contributed by atoms with E-state index in [1.54, 1.807) is 36.3 Å². The largest absolute Gasteiger partial charge is 0.311 e. The highest BCUT2D eigenvalue weighted by molar-refractivity contribution is 7.89. The summed E-state index contributed by atoms with van der Waals surface area (Å²) in [6, 6.07) is 4.86. The molecular weight excluding hydrogens is 412 g/mol. The van der Waals surface area contributed by atoms with Gasteiger partial charge in [0.2, 0.25) is 21.8 Å². The number of rotatable bonds is 6. The van der Waals surface area contributed by atoms with Crippen LogP contribution < -0.4 is 10.2 Å². The van der Waals surface area contributed by atoms with Gasteiger partial charge in [-0.15, -0.1) is 11.3 Å². The maximum Gasteiger partial charge on any atom is 0.242 e. The van der Waals surface area contributed by atoms with Crippen LogP contribution in [0.15, 0.2) is 28.5 Å². The molecule has 3 rings (SSSR count). The molecule has 1 aliphatic heterocycles. The molecule has 0 fully saturated rings. The lowest BCUT2D eigenvalue weighted by Crippen LogP contribution is -2.30. The fourth-order valence-corrected chi connectivity index (χ4v) is 4.62. The number of anilines is 2. The van der Waals surface area contributed by atoms with Gasteiger partial charge < -0.3 is 10.2 Å². The van der Waals surface area contributed by atoms with E-state index in [-0.39, 0.29) is 29.0 Å². The van der Waals surface area contributed by atoms with Crippen molar-refractivity contribution in [3.8, 4) is 0 Å². The Morgan fingerprint density at radius 2 is 2.03 bits per heavy atom. The van der Waals surface area contributed by atoms with Crippen molar-refractivity contribution in [3.63, 3.8) is 0 Å². The second-order valence-corrected chi connectivity index (χ2v) is 10.3.